The van der Waals surface area contributed by atoms with E-state index in [1.54, 1.807) is 0 Å². The standard InChI is InChI=1S/C14H18O3/c1-2-16-11-7-9-12(10-8-11)17-14-6-4-3-5-13(14)15/h7-10,14H,2-6H2,1H3. The number of ketones is 1. The molecule has 0 spiro atoms. The van der Waals surface area contributed by atoms with E-state index in [2.05, 4.69) is 0 Å². The fourth-order valence-corrected chi connectivity index (χ4v) is 2.02. The van der Waals surface area contributed by atoms with Crippen LogP contribution in [0, 0.1) is 0 Å². The van der Waals surface area contributed by atoms with Crippen molar-refractivity contribution in [3.63, 3.8) is 0 Å². The van der Waals surface area contributed by atoms with Crippen LogP contribution in [0.4, 0.5) is 0 Å². The number of benzene rings is 1. The normalized spacial score (nSPS) is 20.1. The average Bonchev–Trinajstić information content (AvgIpc) is 2.35. The van der Waals surface area contributed by atoms with Crippen LogP contribution in [0.5, 0.6) is 11.5 Å². The van der Waals surface area contributed by atoms with Crippen LogP contribution >= 0.6 is 0 Å². The zero-order valence-electron chi connectivity index (χ0n) is 10.1. The van der Waals surface area contributed by atoms with Gasteiger partial charge in [-0.3, -0.25) is 4.79 Å². The molecular weight excluding hydrogens is 216 g/mol. The Morgan fingerprint density at radius 1 is 1.18 bits per heavy atom. The maximum atomic E-state index is 11.6. The minimum Gasteiger partial charge on any atom is -0.494 e. The van der Waals surface area contributed by atoms with Crippen molar-refractivity contribution in [3.05, 3.63) is 24.3 Å². The number of hydrogen-bond acceptors (Lipinski definition) is 3. The summed E-state index contributed by atoms with van der Waals surface area (Å²) in [6, 6.07) is 7.44. The molecule has 1 aromatic rings. The summed E-state index contributed by atoms with van der Waals surface area (Å²) in [6.07, 6.45) is 3.32. The monoisotopic (exact) mass is 234 g/mol. The second kappa shape index (κ2) is 5.71. The summed E-state index contributed by atoms with van der Waals surface area (Å²) in [4.78, 5) is 11.6. The zero-order chi connectivity index (χ0) is 12.1. The van der Waals surface area contributed by atoms with Gasteiger partial charge in [0.1, 0.15) is 11.5 Å². The first-order valence-corrected chi connectivity index (χ1v) is 6.22. The molecule has 0 radical (unpaired) electrons. The van der Waals surface area contributed by atoms with Gasteiger partial charge in [-0.15, -0.1) is 0 Å². The number of carbonyl (C=O) groups is 1. The predicted octanol–water partition coefficient (Wildman–Crippen LogP) is 2.98. The molecule has 0 bridgehead atoms. The van der Waals surface area contributed by atoms with E-state index >= 15 is 0 Å². The van der Waals surface area contributed by atoms with Gasteiger partial charge in [0.2, 0.25) is 0 Å². The predicted molar refractivity (Wildman–Crippen MR) is 65.5 cm³/mol. The molecule has 1 aliphatic rings. The number of rotatable bonds is 4. The smallest absolute Gasteiger partial charge is 0.173 e. The van der Waals surface area contributed by atoms with Crippen LogP contribution in [0.25, 0.3) is 0 Å². The van der Waals surface area contributed by atoms with Crippen molar-refractivity contribution in [2.45, 2.75) is 38.7 Å². The van der Waals surface area contributed by atoms with Gasteiger partial charge in [0.05, 0.1) is 6.61 Å². The van der Waals surface area contributed by atoms with Gasteiger partial charge in [0.15, 0.2) is 11.9 Å². The van der Waals surface area contributed by atoms with Crippen molar-refractivity contribution in [2.75, 3.05) is 6.61 Å². The highest BCUT2D eigenvalue weighted by Crippen LogP contribution is 2.23. The van der Waals surface area contributed by atoms with Crippen molar-refractivity contribution in [2.24, 2.45) is 0 Å². The van der Waals surface area contributed by atoms with Crippen molar-refractivity contribution in [1.82, 2.24) is 0 Å². The molecule has 1 aromatic carbocycles. The van der Waals surface area contributed by atoms with Crippen LogP contribution in [0.15, 0.2) is 24.3 Å². The van der Waals surface area contributed by atoms with Gasteiger partial charge in [-0.1, -0.05) is 0 Å². The number of hydrogen-bond donors (Lipinski definition) is 0. The number of Topliss-reactive ketones (excluding diaryl/α,β-unsaturated/α-hetero) is 1. The zero-order valence-corrected chi connectivity index (χ0v) is 10.1. The van der Waals surface area contributed by atoms with Gasteiger partial charge in [-0.2, -0.15) is 0 Å². The molecule has 1 aliphatic carbocycles. The van der Waals surface area contributed by atoms with Crippen LogP contribution in [0.2, 0.25) is 0 Å². The van der Waals surface area contributed by atoms with E-state index in [0.29, 0.717) is 13.0 Å². The summed E-state index contributed by atoms with van der Waals surface area (Å²) in [7, 11) is 0. The lowest BCUT2D eigenvalue weighted by molar-refractivity contribution is -0.127. The first-order chi connectivity index (χ1) is 8.29. The summed E-state index contributed by atoms with van der Waals surface area (Å²) >= 11 is 0. The minimum atomic E-state index is -0.248. The Kier molecular flexibility index (Phi) is 4.02. The third-order valence-corrected chi connectivity index (χ3v) is 2.91. The Morgan fingerprint density at radius 3 is 2.53 bits per heavy atom. The molecule has 0 heterocycles. The summed E-state index contributed by atoms with van der Waals surface area (Å²) in [5.74, 6) is 1.80. The fourth-order valence-electron chi connectivity index (χ4n) is 2.02. The van der Waals surface area contributed by atoms with E-state index in [4.69, 9.17) is 9.47 Å². The third kappa shape index (κ3) is 3.22. The molecule has 0 saturated heterocycles. The van der Waals surface area contributed by atoms with Gasteiger partial charge in [-0.05, 0) is 50.5 Å². The maximum absolute atomic E-state index is 11.6. The molecule has 0 amide bonds. The molecule has 0 aromatic heterocycles. The van der Waals surface area contributed by atoms with Gasteiger partial charge in [0.25, 0.3) is 0 Å². The molecule has 92 valence electrons. The fraction of sp³-hybridized carbons (Fsp3) is 0.500. The molecule has 1 unspecified atom stereocenters. The van der Waals surface area contributed by atoms with Crippen molar-refractivity contribution < 1.29 is 14.3 Å². The topological polar surface area (TPSA) is 35.5 Å². The Labute approximate surface area is 102 Å². The van der Waals surface area contributed by atoms with E-state index in [1.807, 2.05) is 31.2 Å². The average molecular weight is 234 g/mol. The molecule has 17 heavy (non-hydrogen) atoms. The van der Waals surface area contributed by atoms with E-state index in [9.17, 15) is 4.79 Å². The van der Waals surface area contributed by atoms with E-state index < -0.39 is 0 Å². The summed E-state index contributed by atoms with van der Waals surface area (Å²) < 4.78 is 11.0. The van der Waals surface area contributed by atoms with Crippen molar-refractivity contribution in [3.8, 4) is 11.5 Å². The largest absolute Gasteiger partial charge is 0.494 e. The molecule has 1 saturated carbocycles. The molecular formula is C14H18O3. The highest BCUT2D eigenvalue weighted by atomic mass is 16.5. The van der Waals surface area contributed by atoms with Gasteiger partial charge < -0.3 is 9.47 Å². The molecule has 2 rings (SSSR count). The van der Waals surface area contributed by atoms with Crippen molar-refractivity contribution in [1.29, 1.82) is 0 Å². The summed E-state index contributed by atoms with van der Waals surface area (Å²) in [5, 5.41) is 0. The van der Waals surface area contributed by atoms with Crippen LogP contribution < -0.4 is 9.47 Å². The Morgan fingerprint density at radius 2 is 1.88 bits per heavy atom. The van der Waals surface area contributed by atoms with Crippen LogP contribution in [-0.2, 0) is 4.79 Å². The SMILES string of the molecule is CCOc1ccc(OC2CCCCC2=O)cc1. The lowest BCUT2D eigenvalue weighted by atomic mass is 9.96. The van der Waals surface area contributed by atoms with E-state index in [0.717, 1.165) is 30.8 Å². The van der Waals surface area contributed by atoms with Gasteiger partial charge >= 0.3 is 0 Å². The van der Waals surface area contributed by atoms with Crippen LogP contribution in [-0.4, -0.2) is 18.5 Å². The molecule has 0 aliphatic heterocycles. The molecule has 1 fully saturated rings. The first kappa shape index (κ1) is 12.0. The summed E-state index contributed by atoms with van der Waals surface area (Å²) in [5.41, 5.74) is 0. The number of carbonyl (C=O) groups excluding carboxylic acids is 1. The van der Waals surface area contributed by atoms with Crippen LogP contribution in [0.3, 0.4) is 0 Å². The van der Waals surface area contributed by atoms with E-state index in [-0.39, 0.29) is 11.9 Å². The van der Waals surface area contributed by atoms with E-state index in [1.165, 1.54) is 0 Å². The Bertz CT molecular complexity index is 370. The first-order valence-electron chi connectivity index (χ1n) is 6.22. The van der Waals surface area contributed by atoms with Gasteiger partial charge in [-0.25, -0.2) is 0 Å². The Hall–Kier alpha value is -1.51. The lowest BCUT2D eigenvalue weighted by Gasteiger charge is -2.21. The molecule has 3 nitrogen and oxygen atoms in total. The third-order valence-electron chi connectivity index (χ3n) is 2.91. The highest BCUT2D eigenvalue weighted by molar-refractivity contribution is 5.84. The second-order valence-electron chi connectivity index (χ2n) is 4.22. The molecule has 1 atom stereocenters. The lowest BCUT2D eigenvalue weighted by Crippen LogP contribution is -2.30. The van der Waals surface area contributed by atoms with Crippen molar-refractivity contribution >= 4 is 5.78 Å². The second-order valence-corrected chi connectivity index (χ2v) is 4.22. The quantitative estimate of drug-likeness (QED) is 0.803. The summed E-state index contributed by atoms with van der Waals surface area (Å²) in [6.45, 7) is 2.60. The minimum absolute atomic E-state index is 0.227. The number of ether oxygens (including phenoxy) is 2. The molecule has 3 heteroatoms. The van der Waals surface area contributed by atoms with Crippen LogP contribution in [0.1, 0.15) is 32.6 Å². The Balaban J connectivity index is 1.95. The highest BCUT2D eigenvalue weighted by Gasteiger charge is 2.23. The van der Waals surface area contributed by atoms with Gasteiger partial charge in [0, 0.05) is 6.42 Å². The maximum Gasteiger partial charge on any atom is 0.173 e. The molecule has 0 N–H and O–H groups in total.